The summed E-state index contributed by atoms with van der Waals surface area (Å²) in [5.74, 6) is 0.360. The third kappa shape index (κ3) is 3.68. The first-order valence-electron chi connectivity index (χ1n) is 7.75. The van der Waals surface area contributed by atoms with Gasteiger partial charge in [0.25, 0.3) is 5.91 Å². The van der Waals surface area contributed by atoms with Crippen LogP contribution >= 0.6 is 11.6 Å². The Bertz CT molecular complexity index is 730. The van der Waals surface area contributed by atoms with Crippen molar-refractivity contribution in [1.82, 2.24) is 10.2 Å². The molecule has 1 unspecified atom stereocenters. The molecule has 1 N–H and O–H groups in total. The highest BCUT2D eigenvalue weighted by Gasteiger charge is 2.26. The predicted molar refractivity (Wildman–Crippen MR) is 91.3 cm³/mol. The molecule has 4 nitrogen and oxygen atoms in total. The van der Waals surface area contributed by atoms with Crippen molar-refractivity contribution in [3.05, 3.63) is 58.9 Å². The van der Waals surface area contributed by atoms with Gasteiger partial charge in [0, 0.05) is 24.7 Å². The van der Waals surface area contributed by atoms with E-state index in [0.717, 1.165) is 19.5 Å². The zero-order chi connectivity index (χ0) is 17.1. The van der Waals surface area contributed by atoms with E-state index in [0.29, 0.717) is 22.1 Å². The summed E-state index contributed by atoms with van der Waals surface area (Å²) in [6.45, 7) is 1.67. The molecular weight excluding hydrogens is 331 g/mol. The monoisotopic (exact) mass is 348 g/mol. The van der Waals surface area contributed by atoms with Gasteiger partial charge in [-0.15, -0.1) is 0 Å². The van der Waals surface area contributed by atoms with Gasteiger partial charge in [-0.05, 0) is 55.4 Å². The summed E-state index contributed by atoms with van der Waals surface area (Å²) in [5.41, 5.74) is 0.390. The van der Waals surface area contributed by atoms with Crippen molar-refractivity contribution < 1.29 is 13.9 Å². The molecule has 0 spiro atoms. The van der Waals surface area contributed by atoms with Crippen molar-refractivity contribution in [3.63, 3.8) is 0 Å². The molecule has 126 valence electrons. The second kappa shape index (κ2) is 7.20. The molecule has 1 saturated heterocycles. The van der Waals surface area contributed by atoms with E-state index in [1.165, 1.54) is 24.3 Å². The molecule has 0 saturated carbocycles. The molecule has 3 rings (SSSR count). The quantitative estimate of drug-likeness (QED) is 0.916. The van der Waals surface area contributed by atoms with Crippen molar-refractivity contribution in [2.75, 3.05) is 20.1 Å². The van der Waals surface area contributed by atoms with Crippen molar-refractivity contribution >= 4 is 17.5 Å². The van der Waals surface area contributed by atoms with Crippen molar-refractivity contribution in [2.24, 2.45) is 0 Å². The Balaban J connectivity index is 1.87. The lowest BCUT2D eigenvalue weighted by Crippen LogP contribution is -2.38. The zero-order valence-electron chi connectivity index (χ0n) is 13.3. The summed E-state index contributed by atoms with van der Waals surface area (Å²) >= 11 is 6.06. The van der Waals surface area contributed by atoms with Crippen LogP contribution in [-0.4, -0.2) is 37.0 Å². The maximum atomic E-state index is 13.0. The van der Waals surface area contributed by atoms with E-state index in [9.17, 15) is 9.18 Å². The topological polar surface area (TPSA) is 41.6 Å². The lowest BCUT2D eigenvalue weighted by Gasteiger charge is -2.24. The number of nitrogens with one attached hydrogen (secondary N) is 1. The summed E-state index contributed by atoms with van der Waals surface area (Å²) in [7, 11) is 1.78. The molecule has 6 heteroatoms. The number of ether oxygens (including phenoxy) is 1. The van der Waals surface area contributed by atoms with Crippen LogP contribution in [0, 0.1) is 5.82 Å². The van der Waals surface area contributed by atoms with Crippen molar-refractivity contribution in [3.8, 4) is 11.5 Å². The first-order chi connectivity index (χ1) is 11.5. The minimum Gasteiger partial charge on any atom is -0.457 e. The molecule has 0 aromatic heterocycles. The number of benzene rings is 2. The van der Waals surface area contributed by atoms with E-state index in [1.807, 2.05) is 0 Å². The number of hydrogen-bond acceptors (Lipinski definition) is 3. The van der Waals surface area contributed by atoms with Crippen LogP contribution in [0.1, 0.15) is 16.8 Å². The van der Waals surface area contributed by atoms with Gasteiger partial charge in [-0.1, -0.05) is 11.6 Å². The highest BCUT2D eigenvalue weighted by molar-refractivity contribution is 6.31. The van der Waals surface area contributed by atoms with Gasteiger partial charge in [-0.25, -0.2) is 4.39 Å². The number of amides is 1. The standard InChI is InChI=1S/C18H18ClFN2O2/c1-22(14-8-9-21-11-14)18(23)16-10-12(19)2-7-17(16)24-15-5-3-13(20)4-6-15/h2-7,10,14,21H,8-9,11H2,1H3. The van der Waals surface area contributed by atoms with Crippen LogP contribution in [-0.2, 0) is 0 Å². The Morgan fingerprint density at radius 2 is 2.04 bits per heavy atom. The van der Waals surface area contributed by atoms with E-state index in [-0.39, 0.29) is 17.8 Å². The average molecular weight is 349 g/mol. The molecule has 0 radical (unpaired) electrons. The number of carbonyl (C=O) groups is 1. The average Bonchev–Trinajstić information content (AvgIpc) is 3.11. The van der Waals surface area contributed by atoms with E-state index in [2.05, 4.69) is 5.32 Å². The van der Waals surface area contributed by atoms with Crippen LogP contribution < -0.4 is 10.1 Å². The Hall–Kier alpha value is -2.11. The molecule has 1 heterocycles. The lowest BCUT2D eigenvalue weighted by molar-refractivity contribution is 0.0741. The largest absolute Gasteiger partial charge is 0.457 e. The fourth-order valence-corrected chi connectivity index (χ4v) is 2.89. The Morgan fingerprint density at radius 1 is 1.29 bits per heavy atom. The first-order valence-corrected chi connectivity index (χ1v) is 8.13. The Kier molecular flexibility index (Phi) is 5.02. The molecule has 0 aliphatic carbocycles. The molecule has 2 aromatic carbocycles. The van der Waals surface area contributed by atoms with Gasteiger partial charge in [0.1, 0.15) is 17.3 Å². The van der Waals surface area contributed by atoms with Crippen molar-refractivity contribution in [1.29, 1.82) is 0 Å². The van der Waals surface area contributed by atoms with Gasteiger partial charge in [0.2, 0.25) is 0 Å². The summed E-state index contributed by atoms with van der Waals surface area (Å²) < 4.78 is 18.8. The van der Waals surface area contributed by atoms with E-state index < -0.39 is 0 Å². The van der Waals surface area contributed by atoms with Crippen LogP contribution in [0.5, 0.6) is 11.5 Å². The minimum atomic E-state index is -0.344. The molecule has 0 bridgehead atoms. The summed E-state index contributed by atoms with van der Waals surface area (Å²) in [6.07, 6.45) is 0.914. The SMILES string of the molecule is CN(C(=O)c1cc(Cl)ccc1Oc1ccc(F)cc1)C1CCNC1. The van der Waals surface area contributed by atoms with Crippen molar-refractivity contribution in [2.45, 2.75) is 12.5 Å². The molecule has 1 fully saturated rings. The molecule has 1 atom stereocenters. The Labute approximate surface area is 145 Å². The van der Waals surface area contributed by atoms with Gasteiger partial charge in [-0.2, -0.15) is 0 Å². The fourth-order valence-electron chi connectivity index (χ4n) is 2.71. The zero-order valence-corrected chi connectivity index (χ0v) is 14.0. The molecule has 2 aromatic rings. The number of nitrogens with zero attached hydrogens (tertiary/aromatic N) is 1. The molecule has 1 aliphatic rings. The van der Waals surface area contributed by atoms with Crippen LogP contribution in [0.2, 0.25) is 5.02 Å². The normalized spacial score (nSPS) is 16.9. The lowest BCUT2D eigenvalue weighted by atomic mass is 10.1. The second-order valence-corrected chi connectivity index (χ2v) is 6.20. The maximum Gasteiger partial charge on any atom is 0.257 e. The van der Waals surface area contributed by atoms with E-state index >= 15 is 0 Å². The van der Waals surface area contributed by atoms with E-state index in [4.69, 9.17) is 16.3 Å². The summed E-state index contributed by atoms with van der Waals surface area (Å²) in [5, 5.41) is 3.70. The Morgan fingerprint density at radius 3 is 2.71 bits per heavy atom. The molecule has 1 aliphatic heterocycles. The van der Waals surface area contributed by atoms with E-state index in [1.54, 1.807) is 30.1 Å². The van der Waals surface area contributed by atoms with Gasteiger partial charge in [0.15, 0.2) is 0 Å². The third-order valence-electron chi connectivity index (χ3n) is 4.12. The fraction of sp³-hybridized carbons (Fsp3) is 0.278. The number of likely N-dealkylation sites (N-methyl/N-ethyl adjacent to an activating group) is 1. The van der Waals surface area contributed by atoms with Gasteiger partial charge < -0.3 is 15.0 Å². The second-order valence-electron chi connectivity index (χ2n) is 5.76. The minimum absolute atomic E-state index is 0.148. The van der Waals surface area contributed by atoms with Crippen LogP contribution in [0.15, 0.2) is 42.5 Å². The highest BCUT2D eigenvalue weighted by Crippen LogP contribution is 2.29. The third-order valence-corrected chi connectivity index (χ3v) is 4.35. The number of hydrogen-bond donors (Lipinski definition) is 1. The number of halogens is 2. The smallest absolute Gasteiger partial charge is 0.257 e. The number of carbonyl (C=O) groups excluding carboxylic acids is 1. The molecular formula is C18H18ClFN2O2. The van der Waals surface area contributed by atoms with Gasteiger partial charge in [-0.3, -0.25) is 4.79 Å². The van der Waals surface area contributed by atoms with Crippen LogP contribution in [0.4, 0.5) is 4.39 Å². The number of rotatable bonds is 4. The summed E-state index contributed by atoms with van der Waals surface area (Å²) in [4.78, 5) is 14.6. The highest BCUT2D eigenvalue weighted by atomic mass is 35.5. The van der Waals surface area contributed by atoms with Crippen LogP contribution in [0.25, 0.3) is 0 Å². The van der Waals surface area contributed by atoms with Gasteiger partial charge in [0.05, 0.1) is 5.56 Å². The molecule has 24 heavy (non-hydrogen) atoms. The maximum absolute atomic E-state index is 13.0. The first kappa shape index (κ1) is 16.7. The van der Waals surface area contributed by atoms with Gasteiger partial charge >= 0.3 is 0 Å². The molecule has 1 amide bonds. The van der Waals surface area contributed by atoms with Crippen LogP contribution in [0.3, 0.4) is 0 Å². The predicted octanol–water partition coefficient (Wildman–Crippen LogP) is 3.71. The summed E-state index contributed by atoms with van der Waals surface area (Å²) in [6, 6.07) is 10.7.